The molecule has 4 nitrogen and oxygen atoms in total. The molecule has 0 radical (unpaired) electrons. The van der Waals surface area contributed by atoms with Gasteiger partial charge in [-0.2, -0.15) is 0 Å². The first kappa shape index (κ1) is 9.71. The van der Waals surface area contributed by atoms with E-state index >= 15 is 0 Å². The van der Waals surface area contributed by atoms with Gasteiger partial charge in [-0.1, -0.05) is 0 Å². The molecular weight excluding hydrogens is 194 g/mol. The third-order valence-corrected chi connectivity index (χ3v) is 2.34. The molecule has 1 heterocycles. The van der Waals surface area contributed by atoms with Crippen LogP contribution in [0.5, 0.6) is 11.5 Å². The molecule has 0 aliphatic carbocycles. The minimum absolute atomic E-state index is 0.393. The van der Waals surface area contributed by atoms with Crippen LogP contribution in [-0.2, 0) is 11.2 Å². The summed E-state index contributed by atoms with van der Waals surface area (Å²) in [6, 6.07) is 3.66. The van der Waals surface area contributed by atoms with Crippen LogP contribution in [0, 0.1) is 0 Å². The highest BCUT2D eigenvalue weighted by Crippen LogP contribution is 2.31. The number of hydrogen-bond donors (Lipinski definition) is 0. The average Bonchev–Trinajstić information content (AvgIpc) is 2.28. The maximum atomic E-state index is 10.3. The topological polar surface area (TPSA) is 47.9 Å². The van der Waals surface area contributed by atoms with Crippen LogP contribution < -0.4 is 9.47 Å². The first-order valence-corrected chi connectivity index (χ1v) is 4.66. The molecule has 0 N–H and O–H groups in total. The van der Waals surface area contributed by atoms with E-state index in [1.165, 1.54) is 5.56 Å². The highest BCUT2D eigenvalue weighted by atomic mass is 16.5. The number of rotatable bonds is 3. The Morgan fingerprint density at radius 1 is 1.40 bits per heavy atom. The van der Waals surface area contributed by atoms with Crippen molar-refractivity contribution in [3.8, 4) is 11.5 Å². The van der Waals surface area contributed by atoms with Gasteiger partial charge < -0.3 is 9.47 Å². The summed E-state index contributed by atoms with van der Waals surface area (Å²) in [6.07, 6.45) is 2.68. The van der Waals surface area contributed by atoms with Crippen LogP contribution in [0.25, 0.3) is 0 Å². The number of benzene rings is 1. The lowest BCUT2D eigenvalue weighted by Crippen LogP contribution is -2.05. The minimum Gasteiger partial charge on any atom is -0.493 e. The Labute approximate surface area is 87.5 Å². The molecule has 0 aromatic heterocycles. The van der Waals surface area contributed by atoms with Gasteiger partial charge in [0.15, 0.2) is 11.5 Å². The van der Waals surface area contributed by atoms with E-state index in [1.807, 2.05) is 6.07 Å². The molecule has 0 atom stereocenters. The molecule has 2 rings (SSSR count). The van der Waals surface area contributed by atoms with Gasteiger partial charge in [-0.25, -0.2) is 0 Å². The van der Waals surface area contributed by atoms with Crippen molar-refractivity contribution in [2.45, 2.75) is 6.42 Å². The number of carbonyl (C=O) groups excluding carboxylic acids is 1. The first-order chi connectivity index (χ1) is 7.35. The number of aliphatic imine (C=N–C) groups is 1. The number of carbonyl (C=O) groups is 1. The van der Waals surface area contributed by atoms with Crippen LogP contribution in [-0.4, -0.2) is 26.3 Å². The van der Waals surface area contributed by atoms with Crippen LogP contribution >= 0.6 is 0 Å². The van der Waals surface area contributed by atoms with E-state index in [4.69, 9.17) is 9.47 Å². The molecule has 1 aromatic rings. The van der Waals surface area contributed by atoms with Crippen molar-refractivity contribution in [1.29, 1.82) is 0 Å². The molecule has 15 heavy (non-hydrogen) atoms. The average molecular weight is 205 g/mol. The normalized spacial score (nSPS) is 13.1. The molecule has 0 spiro atoms. The monoisotopic (exact) mass is 205 g/mol. The molecule has 1 aliphatic heterocycles. The second kappa shape index (κ2) is 4.13. The summed E-state index contributed by atoms with van der Waals surface area (Å²) in [5, 5.41) is 0. The Kier molecular flexibility index (Phi) is 2.67. The second-order valence-electron chi connectivity index (χ2n) is 3.20. The summed E-state index contributed by atoms with van der Waals surface area (Å²) >= 11 is 0. The Morgan fingerprint density at radius 2 is 2.27 bits per heavy atom. The van der Waals surface area contributed by atoms with Crippen molar-refractivity contribution >= 4 is 12.7 Å². The third kappa shape index (κ3) is 1.83. The van der Waals surface area contributed by atoms with Crippen molar-refractivity contribution in [3.63, 3.8) is 0 Å². The molecule has 1 aliphatic rings. The van der Waals surface area contributed by atoms with E-state index in [9.17, 15) is 4.79 Å². The molecule has 0 bridgehead atoms. The van der Waals surface area contributed by atoms with Crippen molar-refractivity contribution < 1.29 is 14.3 Å². The first-order valence-electron chi connectivity index (χ1n) is 4.66. The Morgan fingerprint density at radius 3 is 3.00 bits per heavy atom. The highest BCUT2D eigenvalue weighted by molar-refractivity contribution is 5.84. The largest absolute Gasteiger partial charge is 0.493 e. The lowest BCUT2D eigenvalue weighted by molar-refractivity contribution is -0.120. The third-order valence-electron chi connectivity index (χ3n) is 2.34. The molecule has 0 unspecified atom stereocenters. The predicted octanol–water partition coefficient (Wildman–Crippen LogP) is 1.21. The van der Waals surface area contributed by atoms with Gasteiger partial charge in [0, 0.05) is 12.8 Å². The SMILES string of the molecule is COc1cc2c(cc1OC=O)C=NCC2. The summed E-state index contributed by atoms with van der Waals surface area (Å²) in [6.45, 7) is 1.19. The van der Waals surface area contributed by atoms with E-state index in [0.717, 1.165) is 18.5 Å². The Bertz CT molecular complexity index is 413. The molecule has 78 valence electrons. The number of nitrogens with zero attached hydrogens (tertiary/aromatic N) is 1. The van der Waals surface area contributed by atoms with Gasteiger partial charge in [-0.05, 0) is 29.7 Å². The lowest BCUT2D eigenvalue weighted by atomic mass is 10.0. The van der Waals surface area contributed by atoms with E-state index < -0.39 is 0 Å². The van der Waals surface area contributed by atoms with Gasteiger partial charge in [0.25, 0.3) is 6.47 Å². The number of ether oxygens (including phenoxy) is 2. The Hall–Kier alpha value is -1.84. The molecule has 0 saturated carbocycles. The maximum absolute atomic E-state index is 10.3. The van der Waals surface area contributed by atoms with Crippen molar-refractivity contribution in [2.24, 2.45) is 4.99 Å². The molecule has 0 saturated heterocycles. The fourth-order valence-corrected chi connectivity index (χ4v) is 1.61. The van der Waals surface area contributed by atoms with Crippen LogP contribution in [0.3, 0.4) is 0 Å². The van der Waals surface area contributed by atoms with Crippen molar-refractivity contribution in [1.82, 2.24) is 0 Å². The summed E-state index contributed by atoms with van der Waals surface area (Å²) in [4.78, 5) is 14.5. The quantitative estimate of drug-likeness (QED) is 0.697. The van der Waals surface area contributed by atoms with E-state index in [1.54, 1.807) is 19.4 Å². The van der Waals surface area contributed by atoms with Gasteiger partial charge in [0.2, 0.25) is 0 Å². The minimum atomic E-state index is 0.393. The van der Waals surface area contributed by atoms with Gasteiger partial charge in [0.05, 0.1) is 7.11 Å². The van der Waals surface area contributed by atoms with Crippen molar-refractivity contribution in [2.75, 3.05) is 13.7 Å². The van der Waals surface area contributed by atoms with Gasteiger partial charge in [0.1, 0.15) is 0 Å². The Balaban J connectivity index is 2.47. The van der Waals surface area contributed by atoms with Crippen LogP contribution in [0.4, 0.5) is 0 Å². The summed E-state index contributed by atoms with van der Waals surface area (Å²) in [7, 11) is 1.55. The number of fused-ring (bicyclic) bond motifs is 1. The van der Waals surface area contributed by atoms with Gasteiger partial charge >= 0.3 is 0 Å². The molecular formula is C11H11NO3. The van der Waals surface area contributed by atoms with Crippen molar-refractivity contribution in [3.05, 3.63) is 23.3 Å². The summed E-state index contributed by atoms with van der Waals surface area (Å²) < 4.78 is 9.96. The molecule has 0 fully saturated rings. The van der Waals surface area contributed by atoms with Crippen LogP contribution in [0.15, 0.2) is 17.1 Å². The maximum Gasteiger partial charge on any atom is 0.298 e. The van der Waals surface area contributed by atoms with E-state index in [-0.39, 0.29) is 0 Å². The molecule has 0 amide bonds. The molecule has 1 aromatic carbocycles. The number of hydrogen-bond acceptors (Lipinski definition) is 4. The number of methoxy groups -OCH3 is 1. The summed E-state index contributed by atoms with van der Waals surface area (Å²) in [5.41, 5.74) is 2.15. The zero-order chi connectivity index (χ0) is 10.7. The zero-order valence-electron chi connectivity index (χ0n) is 8.40. The predicted molar refractivity (Wildman–Crippen MR) is 55.9 cm³/mol. The van der Waals surface area contributed by atoms with Gasteiger partial charge in [-0.15, -0.1) is 0 Å². The fourth-order valence-electron chi connectivity index (χ4n) is 1.61. The highest BCUT2D eigenvalue weighted by Gasteiger charge is 2.12. The van der Waals surface area contributed by atoms with E-state index in [2.05, 4.69) is 4.99 Å². The smallest absolute Gasteiger partial charge is 0.298 e. The molecule has 4 heteroatoms. The van der Waals surface area contributed by atoms with E-state index in [0.29, 0.717) is 18.0 Å². The summed E-state index contributed by atoms with van der Waals surface area (Å²) in [5.74, 6) is 1.01. The fraction of sp³-hybridized carbons (Fsp3) is 0.273. The van der Waals surface area contributed by atoms with Crippen LogP contribution in [0.2, 0.25) is 0 Å². The standard InChI is InChI=1S/C11H11NO3/c1-14-10-4-8-2-3-12-6-9(8)5-11(10)15-7-13/h4-7H,2-3H2,1H3. The second-order valence-corrected chi connectivity index (χ2v) is 3.20. The zero-order valence-corrected chi connectivity index (χ0v) is 8.40. The van der Waals surface area contributed by atoms with Crippen LogP contribution in [0.1, 0.15) is 11.1 Å². The lowest BCUT2D eigenvalue weighted by Gasteiger charge is -2.13. The van der Waals surface area contributed by atoms with Gasteiger partial charge in [-0.3, -0.25) is 9.79 Å².